The lowest BCUT2D eigenvalue weighted by Crippen LogP contribution is -2.14. The minimum absolute atomic E-state index is 0.0203. The van der Waals surface area contributed by atoms with Crippen molar-refractivity contribution in [2.24, 2.45) is 0 Å². The summed E-state index contributed by atoms with van der Waals surface area (Å²) in [4.78, 5) is 17.6. The van der Waals surface area contributed by atoms with Gasteiger partial charge in [-0.05, 0) is 48.0 Å². The molecule has 3 aromatic heterocycles. The molecular formula is C25H17ClF3N5O2S2. The van der Waals surface area contributed by atoms with E-state index in [2.05, 4.69) is 20.5 Å². The first-order valence-electron chi connectivity index (χ1n) is 11.0. The summed E-state index contributed by atoms with van der Waals surface area (Å²) in [6.45, 7) is 0. The average molecular weight is 576 g/mol. The molecule has 3 heterocycles. The van der Waals surface area contributed by atoms with Crippen LogP contribution in [0, 0.1) is 0 Å². The zero-order valence-electron chi connectivity index (χ0n) is 19.3. The number of alkyl halides is 3. The Morgan fingerprint density at radius 3 is 2.66 bits per heavy atom. The van der Waals surface area contributed by atoms with Crippen LogP contribution in [0.5, 0.6) is 0 Å². The second kappa shape index (κ2) is 11.0. The Labute approximate surface area is 227 Å². The molecule has 1 amide bonds. The zero-order chi connectivity index (χ0) is 26.7. The van der Waals surface area contributed by atoms with Crippen LogP contribution in [0.4, 0.5) is 18.3 Å². The number of hydrogen-bond acceptors (Lipinski definition) is 7. The summed E-state index contributed by atoms with van der Waals surface area (Å²) in [5, 5.41) is 12.6. The lowest BCUT2D eigenvalue weighted by Gasteiger charge is -2.09. The number of anilines is 1. The highest BCUT2D eigenvalue weighted by Gasteiger charge is 2.30. The smallest absolute Gasteiger partial charge is 0.416 e. The van der Waals surface area contributed by atoms with Gasteiger partial charge in [-0.2, -0.15) is 13.2 Å². The molecule has 0 aliphatic carbocycles. The van der Waals surface area contributed by atoms with Crippen molar-refractivity contribution in [1.82, 2.24) is 19.7 Å². The fourth-order valence-electron chi connectivity index (χ4n) is 3.54. The second-order valence-electron chi connectivity index (χ2n) is 7.94. The number of aromatic nitrogens is 4. The zero-order valence-corrected chi connectivity index (χ0v) is 21.7. The number of nitrogens with zero attached hydrogens (tertiary/aromatic N) is 4. The Morgan fingerprint density at radius 2 is 1.92 bits per heavy atom. The highest BCUT2D eigenvalue weighted by molar-refractivity contribution is 7.99. The van der Waals surface area contributed by atoms with Gasteiger partial charge in [-0.3, -0.25) is 9.36 Å². The van der Waals surface area contributed by atoms with Crippen molar-refractivity contribution >= 4 is 45.7 Å². The summed E-state index contributed by atoms with van der Waals surface area (Å²) < 4.78 is 46.2. The van der Waals surface area contributed by atoms with Gasteiger partial charge in [0.25, 0.3) is 0 Å². The van der Waals surface area contributed by atoms with Crippen LogP contribution < -0.4 is 5.32 Å². The van der Waals surface area contributed by atoms with Gasteiger partial charge in [0.05, 0.1) is 17.6 Å². The molecule has 0 saturated heterocycles. The van der Waals surface area contributed by atoms with E-state index in [1.807, 2.05) is 12.1 Å². The minimum Gasteiger partial charge on any atom is -0.461 e. The quantitative estimate of drug-likeness (QED) is 0.201. The van der Waals surface area contributed by atoms with Crippen molar-refractivity contribution in [3.8, 4) is 17.3 Å². The highest BCUT2D eigenvalue weighted by Crippen LogP contribution is 2.31. The molecule has 0 saturated carbocycles. The van der Waals surface area contributed by atoms with E-state index in [9.17, 15) is 18.0 Å². The summed E-state index contributed by atoms with van der Waals surface area (Å²) in [7, 11) is 0. The molecular weight excluding hydrogens is 559 g/mol. The summed E-state index contributed by atoms with van der Waals surface area (Å²) in [5.74, 6) is 0.686. The molecule has 0 atom stereocenters. The van der Waals surface area contributed by atoms with Crippen LogP contribution in [0.3, 0.4) is 0 Å². The maximum Gasteiger partial charge on any atom is 0.416 e. The van der Waals surface area contributed by atoms with Gasteiger partial charge in [-0.1, -0.05) is 41.6 Å². The van der Waals surface area contributed by atoms with E-state index >= 15 is 0 Å². The predicted octanol–water partition coefficient (Wildman–Crippen LogP) is 6.98. The molecule has 0 unspecified atom stereocenters. The molecule has 13 heteroatoms. The molecule has 194 valence electrons. The third kappa shape index (κ3) is 6.09. The largest absolute Gasteiger partial charge is 0.461 e. The van der Waals surface area contributed by atoms with Crippen LogP contribution in [-0.2, 0) is 17.4 Å². The molecule has 1 N–H and O–H groups in total. The first-order valence-corrected chi connectivity index (χ1v) is 13.2. The number of nitrogens with one attached hydrogen (secondary N) is 1. The number of thiazole rings is 1. The van der Waals surface area contributed by atoms with Gasteiger partial charge in [-0.25, -0.2) is 4.98 Å². The number of carbonyl (C=O) groups is 1. The summed E-state index contributed by atoms with van der Waals surface area (Å²) >= 11 is 8.42. The standard InChI is InChI=1S/C25H17ClF3N5O2S2/c26-17-6-8-18(9-7-17)34-22(20-5-2-10-36-20)32-33-24(34)37-14-21(35)31-23-30-13-19(38-23)12-15-3-1-4-16(11-15)25(27,28)29/h1-11,13H,12,14H2,(H,30,31,35). The van der Waals surface area contributed by atoms with E-state index in [0.717, 1.165) is 22.7 Å². The van der Waals surface area contributed by atoms with Crippen LogP contribution in [-0.4, -0.2) is 31.4 Å². The van der Waals surface area contributed by atoms with Crippen molar-refractivity contribution in [3.63, 3.8) is 0 Å². The van der Waals surface area contributed by atoms with Gasteiger partial charge in [0.2, 0.25) is 11.7 Å². The van der Waals surface area contributed by atoms with Crippen LogP contribution in [0.15, 0.2) is 82.7 Å². The molecule has 0 radical (unpaired) electrons. The Morgan fingerprint density at radius 1 is 1.11 bits per heavy atom. The molecule has 0 aliphatic heterocycles. The highest BCUT2D eigenvalue weighted by atomic mass is 35.5. The Balaban J connectivity index is 1.25. The van der Waals surface area contributed by atoms with Gasteiger partial charge < -0.3 is 9.73 Å². The minimum atomic E-state index is -4.41. The SMILES string of the molecule is O=C(CSc1nnc(-c2ccco2)n1-c1ccc(Cl)cc1)Nc1ncc(Cc2cccc(C(F)(F)F)c2)s1. The van der Waals surface area contributed by atoms with Crippen molar-refractivity contribution < 1.29 is 22.4 Å². The molecule has 7 nitrogen and oxygen atoms in total. The van der Waals surface area contributed by atoms with Gasteiger partial charge in [0.15, 0.2) is 16.0 Å². The van der Waals surface area contributed by atoms with E-state index in [0.29, 0.717) is 32.5 Å². The van der Waals surface area contributed by atoms with Gasteiger partial charge in [0, 0.05) is 28.2 Å². The third-order valence-electron chi connectivity index (χ3n) is 5.22. The molecule has 0 fully saturated rings. The monoisotopic (exact) mass is 575 g/mol. The Bertz CT molecular complexity index is 1550. The van der Waals surface area contributed by atoms with Crippen LogP contribution in [0.2, 0.25) is 5.02 Å². The van der Waals surface area contributed by atoms with Crippen LogP contribution in [0.1, 0.15) is 16.0 Å². The number of hydrogen-bond donors (Lipinski definition) is 1. The summed E-state index contributed by atoms with van der Waals surface area (Å²) in [5.41, 5.74) is 0.547. The summed E-state index contributed by atoms with van der Waals surface area (Å²) in [6.07, 6.45) is -1.06. The van der Waals surface area contributed by atoms with Crippen molar-refractivity contribution in [1.29, 1.82) is 0 Å². The maximum atomic E-state index is 13.0. The van der Waals surface area contributed by atoms with E-state index in [4.69, 9.17) is 16.0 Å². The third-order valence-corrected chi connectivity index (χ3v) is 7.32. The normalized spacial score (nSPS) is 11.6. The van der Waals surface area contributed by atoms with E-state index in [1.54, 1.807) is 41.1 Å². The number of halogens is 4. The topological polar surface area (TPSA) is 85.8 Å². The van der Waals surface area contributed by atoms with Crippen molar-refractivity contribution in [2.75, 3.05) is 11.1 Å². The number of amides is 1. The molecule has 5 aromatic rings. The fraction of sp³-hybridized carbons (Fsp3) is 0.120. The fourth-order valence-corrected chi connectivity index (χ4v) is 5.28. The van der Waals surface area contributed by atoms with Gasteiger partial charge in [-0.15, -0.1) is 21.5 Å². The molecule has 5 rings (SSSR count). The van der Waals surface area contributed by atoms with Crippen molar-refractivity contribution in [3.05, 3.63) is 94.2 Å². The molecule has 0 spiro atoms. The van der Waals surface area contributed by atoms with Crippen LogP contribution in [0.25, 0.3) is 17.3 Å². The van der Waals surface area contributed by atoms with E-state index in [1.165, 1.54) is 35.4 Å². The van der Waals surface area contributed by atoms with Crippen LogP contribution >= 0.6 is 34.7 Å². The summed E-state index contributed by atoms with van der Waals surface area (Å²) in [6, 6.07) is 15.7. The molecule has 38 heavy (non-hydrogen) atoms. The number of furan rings is 1. The first-order chi connectivity index (χ1) is 18.3. The Kier molecular flexibility index (Phi) is 7.54. The van der Waals surface area contributed by atoms with E-state index < -0.39 is 11.7 Å². The first kappa shape index (κ1) is 26.0. The number of benzene rings is 2. The number of thioether (sulfide) groups is 1. The van der Waals surface area contributed by atoms with E-state index in [-0.39, 0.29) is 18.1 Å². The van der Waals surface area contributed by atoms with Crippen molar-refractivity contribution in [2.45, 2.75) is 17.8 Å². The lowest BCUT2D eigenvalue weighted by atomic mass is 10.1. The lowest BCUT2D eigenvalue weighted by molar-refractivity contribution is -0.137. The van der Waals surface area contributed by atoms with Gasteiger partial charge in [0.1, 0.15) is 0 Å². The average Bonchev–Trinajstić information content (AvgIpc) is 3.64. The molecule has 0 bridgehead atoms. The maximum absolute atomic E-state index is 13.0. The number of carbonyl (C=O) groups excluding carboxylic acids is 1. The van der Waals surface area contributed by atoms with Gasteiger partial charge >= 0.3 is 6.18 Å². The second-order valence-corrected chi connectivity index (χ2v) is 10.4. The predicted molar refractivity (Wildman–Crippen MR) is 140 cm³/mol. The Hall–Kier alpha value is -3.61. The number of rotatable bonds is 8. The molecule has 0 aliphatic rings. The molecule has 2 aromatic carbocycles.